The van der Waals surface area contributed by atoms with Gasteiger partial charge in [0, 0.05) is 73.4 Å². The molecule has 6 nitrogen and oxygen atoms in total. The van der Waals surface area contributed by atoms with Crippen molar-refractivity contribution in [3.05, 3.63) is 58.5 Å². The monoisotopic (exact) mass is 447 g/mol. The Bertz CT molecular complexity index is 1000. The number of nitrogens with zero attached hydrogens (tertiary/aromatic N) is 3. The summed E-state index contributed by atoms with van der Waals surface area (Å²) in [7, 11) is 0. The molecule has 0 radical (unpaired) electrons. The zero-order chi connectivity index (χ0) is 21.5. The molecule has 164 valence electrons. The summed E-state index contributed by atoms with van der Waals surface area (Å²) in [6, 6.07) is 4.54. The number of nitrogens with one attached hydrogen (secondary N) is 1. The van der Waals surface area contributed by atoms with Crippen LogP contribution in [0.4, 0.5) is 8.78 Å². The first-order chi connectivity index (χ1) is 15.0. The van der Waals surface area contributed by atoms with Crippen LogP contribution in [0.25, 0.3) is 5.57 Å². The maximum Gasteiger partial charge on any atom is 0.158 e. The third-order valence-electron chi connectivity index (χ3n) is 6.29. The zero-order valence-corrected chi connectivity index (χ0v) is 17.7. The van der Waals surface area contributed by atoms with Crippen molar-refractivity contribution in [3.63, 3.8) is 0 Å². The first kappa shape index (κ1) is 20.6. The third kappa shape index (κ3) is 4.24. The van der Waals surface area contributed by atoms with E-state index < -0.39 is 18.1 Å². The second-order valence-corrected chi connectivity index (χ2v) is 8.95. The Morgan fingerprint density at radius 1 is 1.23 bits per heavy atom. The van der Waals surface area contributed by atoms with Gasteiger partial charge in [-0.25, -0.2) is 18.7 Å². The van der Waals surface area contributed by atoms with E-state index in [1.54, 1.807) is 6.07 Å². The van der Waals surface area contributed by atoms with Crippen LogP contribution in [0.5, 0.6) is 5.75 Å². The molecule has 3 aliphatic heterocycles. The molecule has 31 heavy (non-hydrogen) atoms. The normalized spacial score (nSPS) is 28.4. The first-order valence-corrected chi connectivity index (χ1v) is 10.9. The topological polar surface area (TPSA) is 76.3 Å². The van der Waals surface area contributed by atoms with Crippen LogP contribution < -0.4 is 15.8 Å². The van der Waals surface area contributed by atoms with Gasteiger partial charge in [0.05, 0.1) is 5.02 Å². The Kier molecular flexibility index (Phi) is 5.54. The fourth-order valence-corrected chi connectivity index (χ4v) is 4.85. The summed E-state index contributed by atoms with van der Waals surface area (Å²) in [5, 5.41) is 3.75. The molecular weight excluding hydrogens is 424 g/mol. The van der Waals surface area contributed by atoms with Crippen molar-refractivity contribution in [1.82, 2.24) is 20.2 Å². The van der Waals surface area contributed by atoms with Crippen molar-refractivity contribution in [1.29, 1.82) is 0 Å². The molecule has 5 rings (SSSR count). The van der Waals surface area contributed by atoms with Crippen molar-refractivity contribution in [2.75, 3.05) is 13.1 Å². The summed E-state index contributed by atoms with van der Waals surface area (Å²) in [6.45, 7) is 1.57. The fourth-order valence-electron chi connectivity index (χ4n) is 4.75. The minimum Gasteiger partial charge on any atom is -0.487 e. The molecule has 2 unspecified atom stereocenters. The smallest absolute Gasteiger partial charge is 0.158 e. The number of rotatable bonds is 5. The molecule has 0 aliphatic carbocycles. The molecule has 1 aromatic carbocycles. The van der Waals surface area contributed by atoms with Gasteiger partial charge in [-0.1, -0.05) is 17.7 Å². The van der Waals surface area contributed by atoms with E-state index in [1.807, 2.05) is 0 Å². The lowest BCUT2D eigenvalue weighted by Gasteiger charge is -2.33. The van der Waals surface area contributed by atoms with Gasteiger partial charge in [-0.2, -0.15) is 0 Å². The molecule has 3 N–H and O–H groups in total. The maximum atomic E-state index is 14.8. The van der Waals surface area contributed by atoms with Gasteiger partial charge in [-0.3, -0.25) is 4.90 Å². The van der Waals surface area contributed by atoms with E-state index >= 15 is 0 Å². The molecule has 2 saturated heterocycles. The summed E-state index contributed by atoms with van der Waals surface area (Å²) in [5.74, 6) is 0.537. The van der Waals surface area contributed by atoms with Crippen LogP contribution in [0.3, 0.4) is 0 Å². The van der Waals surface area contributed by atoms with Crippen LogP contribution >= 0.6 is 11.6 Å². The Balaban J connectivity index is 1.31. The summed E-state index contributed by atoms with van der Waals surface area (Å²) < 4.78 is 34.9. The second kappa shape index (κ2) is 8.33. The van der Waals surface area contributed by atoms with E-state index in [-0.39, 0.29) is 12.1 Å². The Hall–Kier alpha value is -2.29. The number of nitrogens with two attached hydrogens (primary N) is 1. The van der Waals surface area contributed by atoms with E-state index in [0.717, 1.165) is 24.0 Å². The molecule has 2 fully saturated rings. The zero-order valence-electron chi connectivity index (χ0n) is 16.9. The predicted octanol–water partition coefficient (Wildman–Crippen LogP) is 3.06. The van der Waals surface area contributed by atoms with Gasteiger partial charge in [0.25, 0.3) is 0 Å². The van der Waals surface area contributed by atoms with Gasteiger partial charge in [-0.05, 0) is 18.9 Å². The highest BCUT2D eigenvalue weighted by Crippen LogP contribution is 2.34. The number of hydrogen-bond donors (Lipinski definition) is 2. The lowest BCUT2D eigenvalue weighted by molar-refractivity contribution is 0.0446. The van der Waals surface area contributed by atoms with Gasteiger partial charge < -0.3 is 15.8 Å². The predicted molar refractivity (Wildman–Crippen MR) is 114 cm³/mol. The summed E-state index contributed by atoms with van der Waals surface area (Å²) in [5.41, 5.74) is 8.57. The second-order valence-electron chi connectivity index (χ2n) is 8.51. The number of benzene rings is 1. The lowest BCUT2D eigenvalue weighted by atomic mass is 10.00. The highest BCUT2D eigenvalue weighted by Gasteiger charge is 2.43. The van der Waals surface area contributed by atoms with Gasteiger partial charge in [0.2, 0.25) is 0 Å². The quantitative estimate of drug-likeness (QED) is 0.733. The van der Waals surface area contributed by atoms with E-state index in [2.05, 4.69) is 20.2 Å². The molecule has 2 aromatic rings. The highest BCUT2D eigenvalue weighted by molar-refractivity contribution is 6.30. The number of halogens is 3. The van der Waals surface area contributed by atoms with Crippen LogP contribution in [0.1, 0.15) is 30.7 Å². The summed E-state index contributed by atoms with van der Waals surface area (Å²) in [4.78, 5) is 10.6. The summed E-state index contributed by atoms with van der Waals surface area (Å²) in [6.07, 6.45) is 3.76. The van der Waals surface area contributed by atoms with Crippen molar-refractivity contribution < 1.29 is 13.5 Å². The average Bonchev–Trinajstić information content (AvgIpc) is 3.32. The van der Waals surface area contributed by atoms with Gasteiger partial charge in [-0.15, -0.1) is 0 Å². The minimum atomic E-state index is -1.10. The molecule has 9 heteroatoms. The maximum absolute atomic E-state index is 14.8. The Morgan fingerprint density at radius 2 is 2.03 bits per heavy atom. The van der Waals surface area contributed by atoms with Crippen molar-refractivity contribution in [2.24, 2.45) is 5.73 Å². The van der Waals surface area contributed by atoms with E-state index in [9.17, 15) is 8.78 Å². The van der Waals surface area contributed by atoms with Crippen molar-refractivity contribution >= 4 is 17.2 Å². The van der Waals surface area contributed by atoms with E-state index in [1.165, 1.54) is 24.5 Å². The number of piperidine rings is 1. The standard InChI is InChI=1S/C22H24ClF2N5O/c23-13-7-27-22(28-8-13)16-10-30(11-17(16)26)9-12-1-2-14(24)5-19(12)31-20-6-15-3-4-18(29-15)21(20)25/h1-2,5,7-8,15,18,20-21,29H,3-4,6,9-11,26H2/t15-,18+,20?,21?/m0/s1. The van der Waals surface area contributed by atoms with Crippen LogP contribution in [0.2, 0.25) is 5.02 Å². The number of hydrogen-bond acceptors (Lipinski definition) is 6. The largest absolute Gasteiger partial charge is 0.487 e. The molecule has 0 amide bonds. The van der Waals surface area contributed by atoms with Gasteiger partial charge >= 0.3 is 0 Å². The van der Waals surface area contributed by atoms with Crippen molar-refractivity contribution in [3.8, 4) is 5.75 Å². The minimum absolute atomic E-state index is 0.176. The molecule has 2 bridgehead atoms. The average molecular weight is 448 g/mol. The number of alkyl halides is 1. The van der Waals surface area contributed by atoms with Gasteiger partial charge in [0.1, 0.15) is 17.7 Å². The van der Waals surface area contributed by atoms with E-state index in [0.29, 0.717) is 48.3 Å². The molecular formula is C22H24ClF2N5O. The number of ether oxygens (including phenoxy) is 1. The molecule has 4 atom stereocenters. The SMILES string of the molecule is NC1=C(c2ncc(Cl)cn2)CN(Cc2ccc(F)cc2OC2C[C@@H]3CC[C@@H](N3)C2F)C1. The highest BCUT2D eigenvalue weighted by atomic mass is 35.5. The van der Waals surface area contributed by atoms with E-state index in [4.69, 9.17) is 22.1 Å². The number of aromatic nitrogens is 2. The molecule has 0 saturated carbocycles. The van der Waals surface area contributed by atoms with Crippen molar-refractivity contribution in [2.45, 2.75) is 50.2 Å². The fraction of sp³-hybridized carbons (Fsp3) is 0.455. The van der Waals surface area contributed by atoms with Gasteiger partial charge in [0.15, 0.2) is 12.0 Å². The van der Waals surface area contributed by atoms with Crippen LogP contribution in [0, 0.1) is 5.82 Å². The van der Waals surface area contributed by atoms with Crippen LogP contribution in [0.15, 0.2) is 36.3 Å². The van der Waals surface area contributed by atoms with Crippen LogP contribution in [-0.4, -0.2) is 52.3 Å². The number of fused-ring (bicyclic) bond motifs is 2. The molecule has 0 spiro atoms. The third-order valence-corrected chi connectivity index (χ3v) is 6.48. The summed E-state index contributed by atoms with van der Waals surface area (Å²) >= 11 is 5.88. The lowest BCUT2D eigenvalue weighted by Crippen LogP contribution is -2.51. The Morgan fingerprint density at radius 3 is 2.84 bits per heavy atom. The Labute approximate surface area is 184 Å². The molecule has 1 aromatic heterocycles. The first-order valence-electron chi connectivity index (χ1n) is 10.5. The van der Waals surface area contributed by atoms with Crippen LogP contribution in [-0.2, 0) is 6.54 Å². The molecule has 3 aliphatic rings. The molecule has 4 heterocycles.